The van der Waals surface area contributed by atoms with Gasteiger partial charge in [-0.3, -0.25) is 4.90 Å². The maximum atomic E-state index is 5.82. The summed E-state index contributed by atoms with van der Waals surface area (Å²) in [4.78, 5) is 4.87. The van der Waals surface area contributed by atoms with Gasteiger partial charge in [-0.25, -0.2) is 0 Å². The molecule has 1 aliphatic heterocycles. The predicted octanol–water partition coefficient (Wildman–Crippen LogP) is 0.494. The number of hydrogen-bond donors (Lipinski definition) is 1. The van der Waals surface area contributed by atoms with E-state index in [2.05, 4.69) is 36.0 Å². The van der Waals surface area contributed by atoms with Crippen molar-refractivity contribution >= 4 is 0 Å². The van der Waals surface area contributed by atoms with Gasteiger partial charge >= 0.3 is 0 Å². The van der Waals surface area contributed by atoms with Crippen molar-refractivity contribution in [2.45, 2.75) is 20.0 Å². The van der Waals surface area contributed by atoms with Crippen LogP contribution < -0.4 is 5.32 Å². The fourth-order valence-corrected chi connectivity index (χ4v) is 2.55. The highest BCUT2D eigenvalue weighted by molar-refractivity contribution is 4.74. The minimum Gasteiger partial charge on any atom is -0.374 e. The first-order valence-electron chi connectivity index (χ1n) is 6.82. The number of morpholine rings is 1. The Hall–Kier alpha value is -0.160. The summed E-state index contributed by atoms with van der Waals surface area (Å²) in [5.41, 5.74) is 0. The van der Waals surface area contributed by atoms with E-state index in [0.29, 0.717) is 12.0 Å². The van der Waals surface area contributed by atoms with E-state index in [1.807, 2.05) is 7.05 Å². The zero-order valence-corrected chi connectivity index (χ0v) is 11.9. The molecule has 17 heavy (non-hydrogen) atoms. The zero-order valence-electron chi connectivity index (χ0n) is 11.9. The first-order valence-corrected chi connectivity index (χ1v) is 6.82. The molecule has 0 saturated carbocycles. The maximum absolute atomic E-state index is 5.82. The van der Waals surface area contributed by atoms with Gasteiger partial charge in [0.05, 0.1) is 12.7 Å². The van der Waals surface area contributed by atoms with Crippen LogP contribution in [0.4, 0.5) is 0 Å². The van der Waals surface area contributed by atoms with Gasteiger partial charge in [-0.2, -0.15) is 0 Å². The van der Waals surface area contributed by atoms with E-state index in [9.17, 15) is 0 Å². The highest BCUT2D eigenvalue weighted by Crippen LogP contribution is 2.07. The maximum Gasteiger partial charge on any atom is 0.0829 e. The number of ether oxygens (including phenoxy) is 1. The minimum absolute atomic E-state index is 0.385. The Bertz CT molecular complexity index is 201. The number of nitrogens with zero attached hydrogens (tertiary/aromatic N) is 2. The van der Waals surface area contributed by atoms with E-state index >= 15 is 0 Å². The second kappa shape index (κ2) is 8.03. The molecular formula is C13H29N3O. The molecule has 0 radical (unpaired) electrons. The highest BCUT2D eigenvalue weighted by Gasteiger charge is 2.20. The van der Waals surface area contributed by atoms with Gasteiger partial charge in [0.25, 0.3) is 0 Å². The van der Waals surface area contributed by atoms with Gasteiger partial charge < -0.3 is 15.0 Å². The Morgan fingerprint density at radius 3 is 2.94 bits per heavy atom. The SMILES string of the molecule is CCN1CCOC(CN(C)CC(C)CNC)C1. The molecule has 0 aromatic rings. The molecule has 1 fully saturated rings. The first kappa shape index (κ1) is 14.9. The van der Waals surface area contributed by atoms with Crippen molar-refractivity contribution in [3.8, 4) is 0 Å². The quantitative estimate of drug-likeness (QED) is 0.704. The van der Waals surface area contributed by atoms with Crippen molar-refractivity contribution in [2.24, 2.45) is 5.92 Å². The van der Waals surface area contributed by atoms with Crippen LogP contribution in [-0.4, -0.2) is 75.9 Å². The van der Waals surface area contributed by atoms with Gasteiger partial charge in [0.2, 0.25) is 0 Å². The molecule has 4 heteroatoms. The lowest BCUT2D eigenvalue weighted by molar-refractivity contribution is -0.0399. The lowest BCUT2D eigenvalue weighted by Crippen LogP contribution is -2.47. The Labute approximate surface area is 106 Å². The number of rotatable bonds is 7. The third-order valence-electron chi connectivity index (χ3n) is 3.36. The van der Waals surface area contributed by atoms with E-state index in [1.165, 1.54) is 0 Å². The molecule has 1 rings (SSSR count). The molecule has 2 atom stereocenters. The molecule has 0 spiro atoms. The van der Waals surface area contributed by atoms with Crippen molar-refractivity contribution < 1.29 is 4.74 Å². The third kappa shape index (κ3) is 5.82. The van der Waals surface area contributed by atoms with E-state index in [0.717, 1.165) is 45.9 Å². The summed E-state index contributed by atoms with van der Waals surface area (Å²) < 4.78 is 5.82. The minimum atomic E-state index is 0.385. The third-order valence-corrected chi connectivity index (χ3v) is 3.36. The van der Waals surface area contributed by atoms with E-state index < -0.39 is 0 Å². The number of likely N-dealkylation sites (N-methyl/N-ethyl adjacent to an activating group) is 2. The summed E-state index contributed by atoms with van der Waals surface area (Å²) in [7, 11) is 4.21. The van der Waals surface area contributed by atoms with Crippen LogP contribution >= 0.6 is 0 Å². The van der Waals surface area contributed by atoms with Crippen LogP contribution in [0.2, 0.25) is 0 Å². The van der Waals surface area contributed by atoms with Crippen LogP contribution in [0.1, 0.15) is 13.8 Å². The summed E-state index contributed by atoms with van der Waals surface area (Å²) >= 11 is 0. The normalized spacial score (nSPS) is 24.2. The Morgan fingerprint density at radius 2 is 2.29 bits per heavy atom. The number of nitrogens with one attached hydrogen (secondary N) is 1. The lowest BCUT2D eigenvalue weighted by Gasteiger charge is -2.34. The molecule has 1 aliphatic rings. The van der Waals surface area contributed by atoms with Gasteiger partial charge in [-0.1, -0.05) is 13.8 Å². The van der Waals surface area contributed by atoms with Gasteiger partial charge in [-0.05, 0) is 33.1 Å². The zero-order chi connectivity index (χ0) is 12.7. The lowest BCUT2D eigenvalue weighted by atomic mass is 10.1. The Kier molecular flexibility index (Phi) is 7.04. The van der Waals surface area contributed by atoms with Gasteiger partial charge in [0, 0.05) is 26.2 Å². The fourth-order valence-electron chi connectivity index (χ4n) is 2.55. The predicted molar refractivity (Wildman–Crippen MR) is 72.4 cm³/mol. The monoisotopic (exact) mass is 243 g/mol. The van der Waals surface area contributed by atoms with Crippen LogP contribution in [0.25, 0.3) is 0 Å². The first-order chi connectivity index (χ1) is 8.15. The van der Waals surface area contributed by atoms with Gasteiger partial charge in [0.15, 0.2) is 0 Å². The van der Waals surface area contributed by atoms with Crippen molar-refractivity contribution in [1.82, 2.24) is 15.1 Å². The smallest absolute Gasteiger partial charge is 0.0829 e. The molecule has 1 heterocycles. The topological polar surface area (TPSA) is 27.7 Å². The van der Waals surface area contributed by atoms with Crippen LogP contribution in [0.15, 0.2) is 0 Å². The molecule has 0 aliphatic carbocycles. The van der Waals surface area contributed by atoms with Crippen molar-refractivity contribution in [3.05, 3.63) is 0 Å². The second-order valence-electron chi connectivity index (χ2n) is 5.27. The van der Waals surface area contributed by atoms with Gasteiger partial charge in [0.1, 0.15) is 0 Å². The summed E-state index contributed by atoms with van der Waals surface area (Å²) in [6, 6.07) is 0. The average Bonchev–Trinajstić information content (AvgIpc) is 2.29. The van der Waals surface area contributed by atoms with Crippen LogP contribution in [0, 0.1) is 5.92 Å². The van der Waals surface area contributed by atoms with E-state index in [4.69, 9.17) is 4.74 Å². The van der Waals surface area contributed by atoms with Crippen molar-refractivity contribution in [2.75, 3.05) is 60.0 Å². The van der Waals surface area contributed by atoms with Crippen molar-refractivity contribution in [3.63, 3.8) is 0 Å². The molecule has 0 amide bonds. The molecule has 2 unspecified atom stereocenters. The van der Waals surface area contributed by atoms with Crippen LogP contribution in [0.5, 0.6) is 0 Å². The summed E-state index contributed by atoms with van der Waals surface area (Å²) in [5, 5.41) is 3.23. The molecule has 0 aromatic heterocycles. The molecular weight excluding hydrogens is 214 g/mol. The second-order valence-corrected chi connectivity index (χ2v) is 5.27. The molecule has 102 valence electrons. The van der Waals surface area contributed by atoms with Crippen LogP contribution in [0.3, 0.4) is 0 Å². The standard InChI is InChI=1S/C13H29N3O/c1-5-16-6-7-17-13(11-16)10-15(4)9-12(2)8-14-3/h12-14H,5-11H2,1-4H3. The Balaban J connectivity index is 2.22. The fraction of sp³-hybridized carbons (Fsp3) is 1.00. The largest absolute Gasteiger partial charge is 0.374 e. The van der Waals surface area contributed by atoms with Crippen LogP contribution in [-0.2, 0) is 4.74 Å². The summed E-state index contributed by atoms with van der Waals surface area (Å²) in [5.74, 6) is 0.691. The molecule has 0 aromatic carbocycles. The average molecular weight is 243 g/mol. The summed E-state index contributed by atoms with van der Waals surface area (Å²) in [6.07, 6.45) is 0.385. The molecule has 1 N–H and O–H groups in total. The van der Waals surface area contributed by atoms with E-state index in [1.54, 1.807) is 0 Å². The van der Waals surface area contributed by atoms with E-state index in [-0.39, 0.29) is 0 Å². The molecule has 4 nitrogen and oxygen atoms in total. The molecule has 1 saturated heterocycles. The summed E-state index contributed by atoms with van der Waals surface area (Å²) in [6.45, 7) is 12.0. The van der Waals surface area contributed by atoms with Crippen molar-refractivity contribution in [1.29, 1.82) is 0 Å². The number of hydrogen-bond acceptors (Lipinski definition) is 4. The molecule has 0 bridgehead atoms. The Morgan fingerprint density at radius 1 is 1.53 bits per heavy atom. The van der Waals surface area contributed by atoms with Gasteiger partial charge in [-0.15, -0.1) is 0 Å². The highest BCUT2D eigenvalue weighted by atomic mass is 16.5.